The van der Waals surface area contributed by atoms with Gasteiger partial charge in [0.05, 0.1) is 5.56 Å². The third-order valence-electron chi connectivity index (χ3n) is 6.07. The summed E-state index contributed by atoms with van der Waals surface area (Å²) >= 11 is 0. The molecular weight excluding hydrogens is 388 g/mol. The fraction of sp³-hybridized carbons (Fsp3) is 0.458. The van der Waals surface area contributed by atoms with E-state index in [0.717, 1.165) is 44.1 Å². The summed E-state index contributed by atoms with van der Waals surface area (Å²) in [6.45, 7) is 4.73. The van der Waals surface area contributed by atoms with Crippen LogP contribution in [0.5, 0.6) is 5.75 Å². The van der Waals surface area contributed by atoms with Crippen LogP contribution in [0.15, 0.2) is 42.5 Å². The zero-order chi connectivity index (χ0) is 21.3. The number of hydrogen-bond donors (Lipinski definition) is 0. The number of carbonyl (C=O) groups is 1. The van der Waals surface area contributed by atoms with Gasteiger partial charge >= 0.3 is 0 Å². The molecule has 2 heterocycles. The average Bonchev–Trinajstić information content (AvgIpc) is 3.17. The number of fused-ring (bicyclic) bond motifs is 1. The highest BCUT2D eigenvalue weighted by atomic mass is 19.3. The lowest BCUT2D eigenvalue weighted by Gasteiger charge is -2.23. The maximum Gasteiger partial charge on any atom is 0.281 e. The number of benzene rings is 2. The third kappa shape index (κ3) is 4.33. The number of halogens is 2. The molecule has 160 valence electrons. The van der Waals surface area contributed by atoms with Crippen molar-refractivity contribution in [1.82, 2.24) is 4.90 Å². The molecule has 2 aromatic carbocycles. The molecule has 2 aromatic rings. The molecule has 1 amide bonds. The maximum atomic E-state index is 13.6. The molecule has 1 atom stereocenters. The Morgan fingerprint density at radius 2 is 1.83 bits per heavy atom. The van der Waals surface area contributed by atoms with Gasteiger partial charge in [0, 0.05) is 33.2 Å². The summed E-state index contributed by atoms with van der Waals surface area (Å²) in [5, 5.41) is 0. The second-order valence-corrected chi connectivity index (χ2v) is 8.29. The lowest BCUT2D eigenvalue weighted by molar-refractivity contribution is -0.0720. The molecule has 0 N–H and O–H groups in total. The Morgan fingerprint density at radius 1 is 1.13 bits per heavy atom. The first kappa shape index (κ1) is 20.8. The van der Waals surface area contributed by atoms with E-state index in [9.17, 15) is 13.6 Å². The van der Waals surface area contributed by atoms with Gasteiger partial charge in [0.15, 0.2) is 6.10 Å². The second kappa shape index (κ2) is 8.34. The summed E-state index contributed by atoms with van der Waals surface area (Å²) < 4.78 is 38.1. The Kier molecular flexibility index (Phi) is 5.78. The normalized spacial score (nSPS) is 18.2. The minimum atomic E-state index is -3.00. The molecular formula is C24H27F2NO3. The third-order valence-corrected chi connectivity index (χ3v) is 6.07. The van der Waals surface area contributed by atoms with E-state index in [2.05, 4.69) is 18.2 Å². The smallest absolute Gasteiger partial charge is 0.281 e. The number of hydrogen-bond acceptors (Lipinski definition) is 3. The second-order valence-electron chi connectivity index (χ2n) is 8.29. The summed E-state index contributed by atoms with van der Waals surface area (Å²) in [7, 11) is 0. The first-order valence-electron chi connectivity index (χ1n) is 10.4. The van der Waals surface area contributed by atoms with Crippen LogP contribution in [0, 0.1) is 0 Å². The van der Waals surface area contributed by atoms with E-state index >= 15 is 0 Å². The van der Waals surface area contributed by atoms with Crippen LogP contribution in [0.4, 0.5) is 8.78 Å². The van der Waals surface area contributed by atoms with Crippen LogP contribution in [0.3, 0.4) is 0 Å². The molecule has 4 rings (SSSR count). The van der Waals surface area contributed by atoms with Crippen molar-refractivity contribution >= 4 is 5.91 Å². The van der Waals surface area contributed by atoms with E-state index in [1.165, 1.54) is 12.5 Å². The number of rotatable bonds is 5. The quantitative estimate of drug-likeness (QED) is 0.677. The highest BCUT2D eigenvalue weighted by Crippen LogP contribution is 2.33. The van der Waals surface area contributed by atoms with Crippen molar-refractivity contribution in [3.63, 3.8) is 0 Å². The van der Waals surface area contributed by atoms with Gasteiger partial charge in [-0.25, -0.2) is 8.78 Å². The molecule has 30 heavy (non-hydrogen) atoms. The minimum absolute atomic E-state index is 0.190. The van der Waals surface area contributed by atoms with Crippen molar-refractivity contribution in [3.8, 4) is 5.75 Å². The van der Waals surface area contributed by atoms with Crippen molar-refractivity contribution in [2.75, 3.05) is 13.2 Å². The molecule has 0 aliphatic carbocycles. The number of nitrogens with zero attached hydrogens (tertiary/aromatic N) is 1. The Morgan fingerprint density at radius 3 is 2.57 bits per heavy atom. The summed E-state index contributed by atoms with van der Waals surface area (Å²) in [6, 6.07) is 13.1. The maximum absolute atomic E-state index is 13.6. The fourth-order valence-corrected chi connectivity index (χ4v) is 4.05. The Balaban J connectivity index is 1.51. The fourth-order valence-electron chi connectivity index (χ4n) is 4.05. The van der Waals surface area contributed by atoms with E-state index < -0.39 is 12.0 Å². The highest BCUT2D eigenvalue weighted by molar-refractivity contribution is 5.97. The molecule has 0 radical (unpaired) electrons. The largest absolute Gasteiger partial charge is 0.484 e. The molecule has 0 bridgehead atoms. The molecule has 0 spiro atoms. The molecule has 4 nitrogen and oxygen atoms in total. The average molecular weight is 415 g/mol. The highest BCUT2D eigenvalue weighted by Gasteiger charge is 2.34. The van der Waals surface area contributed by atoms with Gasteiger partial charge in [-0.3, -0.25) is 4.79 Å². The lowest BCUT2D eigenvalue weighted by Crippen LogP contribution is -2.33. The van der Waals surface area contributed by atoms with Crippen molar-refractivity contribution in [2.45, 2.75) is 57.7 Å². The van der Waals surface area contributed by atoms with Crippen LogP contribution in [0.2, 0.25) is 0 Å². The van der Waals surface area contributed by atoms with Crippen LogP contribution in [-0.2, 0) is 17.8 Å². The molecule has 1 unspecified atom stereocenters. The summed E-state index contributed by atoms with van der Waals surface area (Å²) in [5.74, 6) is -2.52. The van der Waals surface area contributed by atoms with E-state index in [1.54, 1.807) is 29.2 Å². The van der Waals surface area contributed by atoms with Gasteiger partial charge in [-0.15, -0.1) is 0 Å². The van der Waals surface area contributed by atoms with E-state index in [1.807, 2.05) is 0 Å². The molecule has 0 aromatic heterocycles. The lowest BCUT2D eigenvalue weighted by atomic mass is 9.90. The molecule has 6 heteroatoms. The standard InChI is InChI=1S/C24H27F2NO3/c1-16(24(2,25)26)30-22-6-4-3-5-21(22)23(28)27-14-19-8-7-18(13-20(19)15-27)17-9-11-29-12-10-17/h3-8,13,16-17H,9-12,14-15H2,1-2H3. The SMILES string of the molecule is CC(Oc1ccccc1C(=O)N1Cc2ccc(C3CCOCC3)cc2C1)C(C)(F)F. The van der Waals surface area contributed by atoms with Crippen LogP contribution < -0.4 is 4.74 Å². The monoisotopic (exact) mass is 415 g/mol. The van der Waals surface area contributed by atoms with Crippen LogP contribution in [0.25, 0.3) is 0 Å². The van der Waals surface area contributed by atoms with Crippen molar-refractivity contribution < 1.29 is 23.0 Å². The van der Waals surface area contributed by atoms with Gasteiger partial charge in [0.25, 0.3) is 11.8 Å². The number of alkyl halides is 2. The molecule has 1 saturated heterocycles. The molecule has 1 fully saturated rings. The van der Waals surface area contributed by atoms with Gasteiger partial charge in [-0.1, -0.05) is 30.3 Å². The molecule has 2 aliphatic heterocycles. The zero-order valence-corrected chi connectivity index (χ0v) is 17.4. The predicted molar refractivity (Wildman–Crippen MR) is 110 cm³/mol. The Hall–Kier alpha value is -2.47. The van der Waals surface area contributed by atoms with Gasteiger partial charge in [0.2, 0.25) is 0 Å². The Bertz CT molecular complexity index is 919. The van der Waals surface area contributed by atoms with Crippen molar-refractivity contribution in [2.24, 2.45) is 0 Å². The predicted octanol–water partition coefficient (Wildman–Crippen LogP) is 5.16. The number of carbonyl (C=O) groups excluding carboxylic acids is 1. The first-order valence-corrected chi connectivity index (χ1v) is 10.4. The van der Waals surface area contributed by atoms with Crippen LogP contribution in [0.1, 0.15) is 59.7 Å². The first-order chi connectivity index (χ1) is 14.3. The topological polar surface area (TPSA) is 38.8 Å². The minimum Gasteiger partial charge on any atom is -0.484 e. The van der Waals surface area contributed by atoms with Crippen molar-refractivity contribution in [1.29, 1.82) is 0 Å². The van der Waals surface area contributed by atoms with E-state index in [0.29, 0.717) is 24.6 Å². The van der Waals surface area contributed by atoms with E-state index in [-0.39, 0.29) is 11.7 Å². The van der Waals surface area contributed by atoms with Crippen LogP contribution in [-0.4, -0.2) is 36.0 Å². The number of para-hydroxylation sites is 1. The summed E-state index contributed by atoms with van der Waals surface area (Å²) in [5.41, 5.74) is 3.89. The van der Waals surface area contributed by atoms with Gasteiger partial charge in [0.1, 0.15) is 5.75 Å². The van der Waals surface area contributed by atoms with Gasteiger partial charge in [-0.05, 0) is 54.5 Å². The molecule has 0 saturated carbocycles. The molecule has 2 aliphatic rings. The van der Waals surface area contributed by atoms with E-state index in [4.69, 9.17) is 9.47 Å². The Labute approximate surface area is 175 Å². The van der Waals surface area contributed by atoms with Gasteiger partial charge in [-0.2, -0.15) is 0 Å². The van der Waals surface area contributed by atoms with Crippen molar-refractivity contribution in [3.05, 3.63) is 64.7 Å². The van der Waals surface area contributed by atoms with Gasteiger partial charge < -0.3 is 14.4 Å². The zero-order valence-electron chi connectivity index (χ0n) is 17.4. The summed E-state index contributed by atoms with van der Waals surface area (Å²) in [4.78, 5) is 14.9. The number of ether oxygens (including phenoxy) is 2. The van der Waals surface area contributed by atoms with Crippen LogP contribution >= 0.6 is 0 Å². The summed E-state index contributed by atoms with van der Waals surface area (Å²) in [6.07, 6.45) is 0.711. The number of amides is 1.